The van der Waals surface area contributed by atoms with Crippen molar-refractivity contribution >= 4 is 16.5 Å². The molecule has 0 aromatic carbocycles. The van der Waals surface area contributed by atoms with Crippen molar-refractivity contribution in [1.29, 1.82) is 0 Å². The van der Waals surface area contributed by atoms with Crippen molar-refractivity contribution < 1.29 is 0 Å². The molecule has 0 fully saturated rings. The molecule has 2 atom stereocenters. The average molecular weight is 298 g/mol. The van der Waals surface area contributed by atoms with E-state index in [2.05, 4.69) is 51.8 Å². The van der Waals surface area contributed by atoms with Gasteiger partial charge in [-0.3, -0.25) is 0 Å². The molecule has 0 bridgehead atoms. The van der Waals surface area contributed by atoms with Crippen LogP contribution in [0.25, 0.3) is 0 Å². The van der Waals surface area contributed by atoms with E-state index >= 15 is 0 Å². The van der Waals surface area contributed by atoms with Gasteiger partial charge in [0, 0.05) is 24.0 Å². The first kappa shape index (κ1) is 17.4. The summed E-state index contributed by atoms with van der Waals surface area (Å²) in [4.78, 5) is 8.83. The molecule has 0 radical (unpaired) electrons. The maximum Gasteiger partial charge on any atom is 0.186 e. The first-order valence-corrected chi connectivity index (χ1v) is 8.87. The lowest BCUT2D eigenvalue weighted by Crippen LogP contribution is -2.32. The fourth-order valence-corrected chi connectivity index (χ4v) is 3.59. The van der Waals surface area contributed by atoms with Crippen LogP contribution in [0.2, 0.25) is 0 Å². The first-order valence-electron chi connectivity index (χ1n) is 8.05. The molecule has 0 saturated heterocycles. The Bertz CT molecular complexity index is 389. The van der Waals surface area contributed by atoms with Crippen LogP contribution in [0.4, 0.5) is 5.13 Å². The summed E-state index contributed by atoms with van der Waals surface area (Å²) in [5.74, 6) is 0.546. The Morgan fingerprint density at radius 2 is 1.85 bits per heavy atom. The minimum Gasteiger partial charge on any atom is -0.346 e. The summed E-state index contributed by atoms with van der Waals surface area (Å²) < 4.78 is 0. The fraction of sp³-hybridized carbons (Fsp3) is 0.812. The van der Waals surface area contributed by atoms with E-state index in [0.29, 0.717) is 12.0 Å². The fourth-order valence-electron chi connectivity index (χ4n) is 2.27. The molecule has 1 aromatic heterocycles. The lowest BCUT2D eigenvalue weighted by Gasteiger charge is -2.26. The van der Waals surface area contributed by atoms with Gasteiger partial charge in [-0.05, 0) is 39.2 Å². The molecule has 2 unspecified atom stereocenters. The number of nitrogens with zero attached hydrogens (tertiary/aromatic N) is 2. The number of anilines is 1. The van der Waals surface area contributed by atoms with Crippen molar-refractivity contribution in [3.05, 3.63) is 10.6 Å². The highest BCUT2D eigenvalue weighted by molar-refractivity contribution is 7.15. The summed E-state index contributed by atoms with van der Waals surface area (Å²) in [5, 5.41) is 4.65. The molecule has 116 valence electrons. The molecule has 4 heteroatoms. The maximum atomic E-state index is 4.98. The van der Waals surface area contributed by atoms with E-state index in [1.54, 1.807) is 0 Å². The molecule has 0 aliphatic heterocycles. The average Bonchev–Trinajstić information content (AvgIpc) is 2.88. The number of aromatic nitrogens is 1. The van der Waals surface area contributed by atoms with Crippen LogP contribution in [0.3, 0.4) is 0 Å². The van der Waals surface area contributed by atoms with E-state index in [1.807, 2.05) is 11.3 Å². The van der Waals surface area contributed by atoms with Crippen LogP contribution in [0.1, 0.15) is 70.9 Å². The zero-order valence-corrected chi connectivity index (χ0v) is 14.8. The second-order valence-electron chi connectivity index (χ2n) is 5.44. The van der Waals surface area contributed by atoms with Crippen LogP contribution in [0.5, 0.6) is 0 Å². The second kappa shape index (κ2) is 8.63. The van der Waals surface area contributed by atoms with Crippen LogP contribution in [0, 0.1) is 0 Å². The molecule has 0 aliphatic carbocycles. The second-order valence-corrected chi connectivity index (χ2v) is 6.50. The Morgan fingerprint density at radius 3 is 2.35 bits per heavy atom. The molecule has 1 N–H and O–H groups in total. The zero-order valence-electron chi connectivity index (χ0n) is 14.0. The zero-order chi connectivity index (χ0) is 15.1. The summed E-state index contributed by atoms with van der Waals surface area (Å²) in [6, 6.07) is 0.558. The van der Waals surface area contributed by atoms with Gasteiger partial charge in [0.05, 0.1) is 5.69 Å². The molecule has 1 rings (SSSR count). The minimum absolute atomic E-state index is 0.546. The van der Waals surface area contributed by atoms with Crippen LogP contribution in [-0.4, -0.2) is 24.1 Å². The number of thiazole rings is 1. The monoisotopic (exact) mass is 297 g/mol. The Balaban J connectivity index is 3.05. The van der Waals surface area contributed by atoms with Gasteiger partial charge in [-0.2, -0.15) is 0 Å². The van der Waals surface area contributed by atoms with Crippen LogP contribution in [0.15, 0.2) is 0 Å². The van der Waals surface area contributed by atoms with Crippen molar-refractivity contribution in [3.8, 4) is 0 Å². The third-order valence-corrected chi connectivity index (χ3v) is 5.15. The summed E-state index contributed by atoms with van der Waals surface area (Å²) in [5.41, 5.74) is 1.30. The highest BCUT2D eigenvalue weighted by atomic mass is 32.1. The molecule has 3 nitrogen and oxygen atoms in total. The van der Waals surface area contributed by atoms with Gasteiger partial charge in [0.2, 0.25) is 0 Å². The summed E-state index contributed by atoms with van der Waals surface area (Å²) in [7, 11) is 0. The molecule has 0 spiro atoms. The van der Waals surface area contributed by atoms with E-state index in [4.69, 9.17) is 4.98 Å². The standard InChI is InChI=1S/C16H31N3S/c1-7-12(5)15-14(11-17-9-3)20-16(18-15)19(10-4)13(6)8-2/h12-13,17H,7-11H2,1-6H3. The van der Waals surface area contributed by atoms with Gasteiger partial charge in [0.1, 0.15) is 0 Å². The molecular weight excluding hydrogens is 266 g/mol. The molecule has 20 heavy (non-hydrogen) atoms. The third kappa shape index (κ3) is 4.19. The van der Waals surface area contributed by atoms with E-state index in [0.717, 1.165) is 32.5 Å². The van der Waals surface area contributed by atoms with E-state index in [9.17, 15) is 0 Å². The quantitative estimate of drug-likeness (QED) is 0.732. The van der Waals surface area contributed by atoms with Crippen LogP contribution < -0.4 is 10.2 Å². The van der Waals surface area contributed by atoms with E-state index in [1.165, 1.54) is 15.7 Å². The Kier molecular flexibility index (Phi) is 7.52. The Hall–Kier alpha value is -0.610. The Morgan fingerprint density at radius 1 is 1.15 bits per heavy atom. The van der Waals surface area contributed by atoms with Crippen LogP contribution >= 0.6 is 11.3 Å². The normalized spacial score (nSPS) is 14.3. The SMILES string of the molecule is CCNCc1sc(N(CC)C(C)CC)nc1C(C)CC. The van der Waals surface area contributed by atoms with Gasteiger partial charge in [0.25, 0.3) is 0 Å². The number of nitrogens with one attached hydrogen (secondary N) is 1. The van der Waals surface area contributed by atoms with E-state index in [-0.39, 0.29) is 0 Å². The molecule has 0 aliphatic rings. The smallest absolute Gasteiger partial charge is 0.186 e. The third-order valence-electron chi connectivity index (χ3n) is 4.04. The van der Waals surface area contributed by atoms with Crippen molar-refractivity contribution in [1.82, 2.24) is 10.3 Å². The van der Waals surface area contributed by atoms with Crippen LogP contribution in [-0.2, 0) is 6.54 Å². The van der Waals surface area contributed by atoms with Crippen molar-refractivity contribution in [2.75, 3.05) is 18.0 Å². The topological polar surface area (TPSA) is 28.2 Å². The van der Waals surface area contributed by atoms with Gasteiger partial charge in [-0.25, -0.2) is 4.98 Å². The van der Waals surface area contributed by atoms with E-state index < -0.39 is 0 Å². The van der Waals surface area contributed by atoms with Gasteiger partial charge < -0.3 is 10.2 Å². The van der Waals surface area contributed by atoms with Gasteiger partial charge in [-0.1, -0.05) is 27.7 Å². The van der Waals surface area contributed by atoms with Crippen molar-refractivity contribution in [2.24, 2.45) is 0 Å². The largest absolute Gasteiger partial charge is 0.346 e. The van der Waals surface area contributed by atoms with Gasteiger partial charge in [-0.15, -0.1) is 11.3 Å². The molecule has 0 saturated carbocycles. The highest BCUT2D eigenvalue weighted by Crippen LogP contribution is 2.33. The summed E-state index contributed by atoms with van der Waals surface area (Å²) in [6.45, 7) is 16.4. The summed E-state index contributed by atoms with van der Waals surface area (Å²) in [6.07, 6.45) is 2.31. The van der Waals surface area contributed by atoms with Gasteiger partial charge in [0.15, 0.2) is 5.13 Å². The molecular formula is C16H31N3S. The maximum absolute atomic E-state index is 4.98. The highest BCUT2D eigenvalue weighted by Gasteiger charge is 2.20. The molecule has 1 aromatic rings. The summed E-state index contributed by atoms with van der Waals surface area (Å²) >= 11 is 1.87. The molecule has 0 amide bonds. The lowest BCUT2D eigenvalue weighted by atomic mass is 10.0. The number of hydrogen-bond acceptors (Lipinski definition) is 4. The van der Waals surface area contributed by atoms with Crippen molar-refractivity contribution in [2.45, 2.75) is 72.9 Å². The van der Waals surface area contributed by atoms with Crippen molar-refractivity contribution in [3.63, 3.8) is 0 Å². The first-order chi connectivity index (χ1) is 9.58. The lowest BCUT2D eigenvalue weighted by molar-refractivity contribution is 0.624. The minimum atomic E-state index is 0.546. The predicted molar refractivity (Wildman–Crippen MR) is 91.0 cm³/mol. The number of hydrogen-bond donors (Lipinski definition) is 1. The number of rotatable bonds is 9. The Labute approximate surface area is 128 Å². The van der Waals surface area contributed by atoms with Gasteiger partial charge >= 0.3 is 0 Å². The predicted octanol–water partition coefficient (Wildman–Crippen LogP) is 4.39. The molecule has 1 heterocycles.